The number of aromatic nitrogens is 1. The lowest BCUT2D eigenvalue weighted by Crippen LogP contribution is -2.72. The molecule has 5 heterocycles. The molecule has 0 radical (unpaired) electrons. The molecule has 1 aromatic heterocycles. The molecule has 3 amide bonds. The molecule has 7 atom stereocenters. The Labute approximate surface area is 246 Å². The van der Waals surface area contributed by atoms with Gasteiger partial charge in [-0.2, -0.15) is 0 Å². The van der Waals surface area contributed by atoms with E-state index in [1.165, 1.54) is 15.8 Å². The average molecular weight is 576 g/mol. The number of nitrogens with zero attached hydrogens (tertiary/aromatic N) is 3. The number of carbonyl (C=O) groups is 3. The first-order chi connectivity index (χ1) is 20.0. The number of ether oxygens (including phenoxy) is 1. The Morgan fingerprint density at radius 1 is 1.26 bits per heavy atom. The molecule has 0 unspecified atom stereocenters. The largest absolute Gasteiger partial charge is 0.361 e. The van der Waals surface area contributed by atoms with E-state index >= 15 is 0 Å². The van der Waals surface area contributed by atoms with Crippen molar-refractivity contribution in [1.29, 1.82) is 0 Å². The summed E-state index contributed by atoms with van der Waals surface area (Å²) in [7, 11) is 2.03. The minimum Gasteiger partial charge on any atom is -0.361 e. The maximum atomic E-state index is 14.4. The van der Waals surface area contributed by atoms with Crippen molar-refractivity contribution in [3.05, 3.63) is 41.6 Å². The zero-order valence-electron chi connectivity index (χ0n) is 25.0. The van der Waals surface area contributed by atoms with Gasteiger partial charge in [-0.25, -0.2) is 0 Å². The predicted octanol–water partition coefficient (Wildman–Crippen LogP) is 2.43. The van der Waals surface area contributed by atoms with E-state index in [-0.39, 0.29) is 23.8 Å². The SMILES string of the molecule is CC[C@H](C)[C@H]1C(=O)N2CCC[C@@H]2[C@]2(O)O[C@@](NC(=O)[C@H]3C=C4c5cccc6[nH]cc(c56)C[C@@H]4N(C)C3)(C(C)C)C(=O)N12. The molecule has 0 saturated carbocycles. The molecule has 3 fully saturated rings. The summed E-state index contributed by atoms with van der Waals surface area (Å²) in [5.41, 5.74) is 2.79. The fraction of sp³-hybridized carbons (Fsp3) is 0.594. The van der Waals surface area contributed by atoms with E-state index in [1.54, 1.807) is 4.90 Å². The van der Waals surface area contributed by atoms with Gasteiger partial charge in [-0.1, -0.05) is 52.3 Å². The Hall–Kier alpha value is -3.21. The first-order valence-electron chi connectivity index (χ1n) is 15.4. The molecule has 0 bridgehead atoms. The van der Waals surface area contributed by atoms with Gasteiger partial charge in [0, 0.05) is 42.1 Å². The number of hydrogen-bond acceptors (Lipinski definition) is 6. The lowest BCUT2D eigenvalue weighted by atomic mass is 9.79. The fourth-order valence-electron chi connectivity index (χ4n) is 8.11. The van der Waals surface area contributed by atoms with Gasteiger partial charge in [-0.3, -0.25) is 28.9 Å². The van der Waals surface area contributed by atoms with Gasteiger partial charge in [-0.05, 0) is 55.0 Å². The van der Waals surface area contributed by atoms with Gasteiger partial charge >= 0.3 is 0 Å². The van der Waals surface area contributed by atoms with Gasteiger partial charge in [0.15, 0.2) is 0 Å². The molecule has 5 aliphatic rings. The molecule has 3 N–H and O–H groups in total. The number of nitrogens with one attached hydrogen (secondary N) is 2. The van der Waals surface area contributed by atoms with Crippen LogP contribution in [0.5, 0.6) is 0 Å². The summed E-state index contributed by atoms with van der Waals surface area (Å²) in [5.74, 6) is -4.28. The van der Waals surface area contributed by atoms with Gasteiger partial charge in [0.05, 0.1) is 5.92 Å². The molecule has 10 nitrogen and oxygen atoms in total. The smallest absolute Gasteiger partial charge is 0.281 e. The monoisotopic (exact) mass is 575 g/mol. The summed E-state index contributed by atoms with van der Waals surface area (Å²) in [5, 5.41) is 16.4. The number of fused-ring (bicyclic) bond motifs is 5. The van der Waals surface area contributed by atoms with E-state index in [2.05, 4.69) is 33.5 Å². The highest BCUT2D eigenvalue weighted by atomic mass is 16.7. The molecule has 3 saturated heterocycles. The van der Waals surface area contributed by atoms with Gasteiger partial charge in [-0.15, -0.1) is 0 Å². The molecule has 0 spiro atoms. The van der Waals surface area contributed by atoms with Crippen LogP contribution in [0.15, 0.2) is 30.5 Å². The summed E-state index contributed by atoms with van der Waals surface area (Å²) in [6, 6.07) is 4.82. The first kappa shape index (κ1) is 27.6. The third kappa shape index (κ3) is 3.58. The zero-order valence-corrected chi connectivity index (χ0v) is 25.0. The number of benzene rings is 1. The lowest BCUT2D eigenvalue weighted by Gasteiger charge is -2.50. The maximum Gasteiger partial charge on any atom is 0.281 e. The van der Waals surface area contributed by atoms with Crippen molar-refractivity contribution < 1.29 is 24.2 Å². The number of likely N-dealkylation sites (N-methyl/N-ethyl adjacent to an activating group) is 1. The highest BCUT2D eigenvalue weighted by molar-refractivity contribution is 6.01. The summed E-state index contributed by atoms with van der Waals surface area (Å²) >= 11 is 0. The van der Waals surface area contributed by atoms with Crippen LogP contribution in [0.3, 0.4) is 0 Å². The highest BCUT2D eigenvalue weighted by Crippen LogP contribution is 2.49. The molecule has 224 valence electrons. The maximum absolute atomic E-state index is 14.4. The molecule has 2 aromatic rings. The predicted molar refractivity (Wildman–Crippen MR) is 156 cm³/mol. The van der Waals surface area contributed by atoms with Crippen LogP contribution in [0.4, 0.5) is 0 Å². The number of H-pyrrole nitrogens is 1. The normalized spacial score (nSPS) is 34.9. The molecule has 10 heteroatoms. The van der Waals surface area contributed by atoms with Crippen molar-refractivity contribution in [2.24, 2.45) is 17.8 Å². The van der Waals surface area contributed by atoms with Gasteiger partial charge < -0.3 is 20.3 Å². The van der Waals surface area contributed by atoms with E-state index in [9.17, 15) is 19.5 Å². The van der Waals surface area contributed by atoms with Crippen molar-refractivity contribution in [2.45, 2.75) is 83.1 Å². The fourth-order valence-corrected chi connectivity index (χ4v) is 8.11. The average Bonchev–Trinajstić information content (AvgIpc) is 3.68. The minimum atomic E-state index is -2.01. The molecule has 1 aliphatic carbocycles. The summed E-state index contributed by atoms with van der Waals surface area (Å²) in [6.07, 6.45) is 6.87. The van der Waals surface area contributed by atoms with Crippen LogP contribution in [0, 0.1) is 17.8 Å². The van der Waals surface area contributed by atoms with Crippen molar-refractivity contribution >= 4 is 34.2 Å². The number of hydrogen-bond donors (Lipinski definition) is 3. The van der Waals surface area contributed by atoms with Crippen LogP contribution in [0.2, 0.25) is 0 Å². The second kappa shape index (κ2) is 9.39. The second-order valence-corrected chi connectivity index (χ2v) is 13.3. The quantitative estimate of drug-likeness (QED) is 0.504. The van der Waals surface area contributed by atoms with Gasteiger partial charge in [0.1, 0.15) is 12.1 Å². The molecular formula is C32H41N5O5. The topological polar surface area (TPSA) is 118 Å². The Morgan fingerprint density at radius 3 is 2.79 bits per heavy atom. The van der Waals surface area contributed by atoms with E-state index in [4.69, 9.17) is 4.74 Å². The molecule has 42 heavy (non-hydrogen) atoms. The van der Waals surface area contributed by atoms with Crippen LogP contribution in [-0.4, -0.2) is 92.4 Å². The van der Waals surface area contributed by atoms with Crippen molar-refractivity contribution in [3.8, 4) is 0 Å². The van der Waals surface area contributed by atoms with Crippen LogP contribution in [0.1, 0.15) is 58.1 Å². The van der Waals surface area contributed by atoms with E-state index in [1.807, 2.05) is 46.9 Å². The standard InChI is InChI=1S/C32H41N5O5/c1-6-18(4)27-29(39)36-12-8-11-25(36)32(41)37(27)30(40)31(42-32,17(2)3)34-28(38)20-13-22-21-9-7-10-23-26(21)19(15-33-23)14-24(22)35(5)16-20/h7,9-10,13,15,17-18,20,24-25,27,33,41H,6,8,11-12,14,16H2,1-5H3,(H,34,38)/t18-,20-,24-,25+,27-,31-,32-/m0/s1. The van der Waals surface area contributed by atoms with Crippen molar-refractivity contribution in [3.63, 3.8) is 0 Å². The third-order valence-corrected chi connectivity index (χ3v) is 10.6. The van der Waals surface area contributed by atoms with Gasteiger partial charge in [0.25, 0.3) is 11.8 Å². The number of aromatic amines is 1. The van der Waals surface area contributed by atoms with Crippen LogP contribution < -0.4 is 5.32 Å². The zero-order chi connectivity index (χ0) is 29.7. The Morgan fingerprint density at radius 2 is 2.05 bits per heavy atom. The summed E-state index contributed by atoms with van der Waals surface area (Å²) in [4.78, 5) is 50.8. The molecular weight excluding hydrogens is 534 g/mol. The number of carbonyl (C=O) groups excluding carboxylic acids is 3. The Kier molecular flexibility index (Phi) is 6.18. The molecule has 7 rings (SSSR count). The Bertz CT molecular complexity index is 1520. The van der Waals surface area contributed by atoms with E-state index < -0.39 is 41.5 Å². The van der Waals surface area contributed by atoms with Crippen molar-refractivity contribution in [2.75, 3.05) is 20.1 Å². The third-order valence-electron chi connectivity index (χ3n) is 10.6. The summed E-state index contributed by atoms with van der Waals surface area (Å²) < 4.78 is 6.45. The summed E-state index contributed by atoms with van der Waals surface area (Å²) in [6.45, 7) is 8.50. The minimum absolute atomic E-state index is 0.150. The van der Waals surface area contributed by atoms with E-state index in [0.29, 0.717) is 25.9 Å². The molecule has 4 aliphatic heterocycles. The van der Waals surface area contributed by atoms with Crippen LogP contribution in [0.25, 0.3) is 16.5 Å². The van der Waals surface area contributed by atoms with E-state index in [0.717, 1.165) is 29.5 Å². The Balaban J connectivity index is 1.25. The first-order valence-corrected chi connectivity index (χ1v) is 15.4. The van der Waals surface area contributed by atoms with Gasteiger partial charge in [0.2, 0.25) is 17.5 Å². The number of aliphatic hydroxyl groups is 1. The van der Waals surface area contributed by atoms with Crippen LogP contribution >= 0.6 is 0 Å². The number of rotatable bonds is 5. The number of amides is 3. The number of piperazine rings is 1. The van der Waals surface area contributed by atoms with Crippen molar-refractivity contribution in [1.82, 2.24) is 25.0 Å². The lowest BCUT2D eigenvalue weighted by molar-refractivity contribution is -0.324. The van der Waals surface area contributed by atoms with Crippen LogP contribution in [-0.2, 0) is 25.5 Å². The molecule has 1 aromatic carbocycles. The highest BCUT2D eigenvalue weighted by Gasteiger charge is 2.72. The second-order valence-electron chi connectivity index (χ2n) is 13.3.